The van der Waals surface area contributed by atoms with E-state index in [9.17, 15) is 18.0 Å². The maximum atomic E-state index is 15.2. The van der Waals surface area contributed by atoms with Gasteiger partial charge in [0.1, 0.15) is 23.6 Å². The minimum atomic E-state index is -4.97. The van der Waals surface area contributed by atoms with E-state index in [2.05, 4.69) is 35.1 Å². The zero-order valence-corrected chi connectivity index (χ0v) is 23.3. The Bertz CT molecular complexity index is 1660. The number of ether oxygens (including phenoxy) is 1. The van der Waals surface area contributed by atoms with Gasteiger partial charge in [0, 0.05) is 50.5 Å². The Kier molecular flexibility index (Phi) is 7.56. The van der Waals surface area contributed by atoms with E-state index in [1.165, 1.54) is 30.6 Å². The Labute approximate surface area is 244 Å². The average Bonchev–Trinajstić information content (AvgIpc) is 3.71. The van der Waals surface area contributed by atoms with Crippen molar-refractivity contribution in [1.82, 2.24) is 24.3 Å². The van der Waals surface area contributed by atoms with E-state index in [4.69, 9.17) is 5.73 Å². The number of hydrogen-bond donors (Lipinski definition) is 3. The van der Waals surface area contributed by atoms with Gasteiger partial charge in [-0.3, -0.25) is 4.90 Å². The third-order valence-corrected chi connectivity index (χ3v) is 7.63. The lowest BCUT2D eigenvalue weighted by atomic mass is 10.1. The highest BCUT2D eigenvalue weighted by Gasteiger charge is 2.33. The zero-order chi connectivity index (χ0) is 30.3. The number of alkyl halides is 3. The standard InChI is InChI=1S/C29H30F4N8O2/c1-39-8-10-40(11-9-39)14-17-2-6-23(24(12-17)43-29(31,32)33)38-28(42)37-22-7-3-18(13-21(22)30)20-15-41(19-4-5-19)27-25(20)26(34)35-16-36-27/h2-3,6-7,12-13,15-16,19H,4-5,8-11,14H2,1H3,(H2,34,35,36)(H2,37,38,42). The molecule has 14 heteroatoms. The van der Waals surface area contributed by atoms with Crippen molar-refractivity contribution < 1.29 is 27.1 Å². The van der Waals surface area contributed by atoms with Crippen molar-refractivity contribution >= 4 is 34.3 Å². The SMILES string of the molecule is CN1CCN(Cc2ccc(NC(=O)Nc3ccc(-c4cn(C5CC5)c5ncnc(N)c45)cc3F)c(OC(F)(F)F)c2)CC1. The van der Waals surface area contributed by atoms with Crippen LogP contribution < -0.4 is 21.1 Å². The van der Waals surface area contributed by atoms with Crippen molar-refractivity contribution in [3.8, 4) is 16.9 Å². The van der Waals surface area contributed by atoms with Gasteiger partial charge < -0.3 is 30.6 Å². The number of hydrogen-bond acceptors (Lipinski definition) is 7. The molecule has 0 radical (unpaired) electrons. The number of carbonyl (C=O) groups is 1. The van der Waals surface area contributed by atoms with E-state index in [-0.39, 0.29) is 17.2 Å². The number of amides is 2. The number of anilines is 3. The fraction of sp³-hybridized carbons (Fsp3) is 0.345. The van der Waals surface area contributed by atoms with Crippen LogP contribution in [0.3, 0.4) is 0 Å². The number of rotatable bonds is 7. The fourth-order valence-electron chi connectivity index (χ4n) is 5.26. The summed E-state index contributed by atoms with van der Waals surface area (Å²) >= 11 is 0. The number of nitrogens with one attached hydrogen (secondary N) is 2. The molecule has 2 aromatic heterocycles. The predicted octanol–water partition coefficient (Wildman–Crippen LogP) is 5.44. The van der Waals surface area contributed by atoms with E-state index >= 15 is 4.39 Å². The number of benzene rings is 2. The smallest absolute Gasteiger partial charge is 0.404 e. The van der Waals surface area contributed by atoms with Crippen LogP contribution in [0.25, 0.3) is 22.2 Å². The van der Waals surface area contributed by atoms with Gasteiger partial charge in [0.25, 0.3) is 0 Å². The second kappa shape index (κ2) is 11.3. The van der Waals surface area contributed by atoms with E-state index in [0.717, 1.165) is 39.0 Å². The first-order valence-electron chi connectivity index (χ1n) is 13.8. The second-order valence-corrected chi connectivity index (χ2v) is 10.9. The molecule has 1 saturated carbocycles. The topological polar surface area (TPSA) is 114 Å². The molecule has 0 atom stereocenters. The maximum Gasteiger partial charge on any atom is 0.573 e. The number of piperazine rings is 1. The fourth-order valence-corrected chi connectivity index (χ4v) is 5.26. The third-order valence-electron chi connectivity index (χ3n) is 7.63. The Hall–Kier alpha value is -4.43. The van der Waals surface area contributed by atoms with Crippen molar-refractivity contribution in [3.05, 3.63) is 60.3 Å². The molecule has 6 rings (SSSR count). The van der Waals surface area contributed by atoms with E-state index in [1.807, 2.05) is 17.8 Å². The average molecular weight is 599 g/mol. The van der Waals surface area contributed by atoms with Gasteiger partial charge in [0.2, 0.25) is 0 Å². The summed E-state index contributed by atoms with van der Waals surface area (Å²) in [6, 6.07) is 7.82. The van der Waals surface area contributed by atoms with Gasteiger partial charge in [-0.05, 0) is 55.3 Å². The van der Waals surface area contributed by atoms with Gasteiger partial charge >= 0.3 is 12.4 Å². The van der Waals surface area contributed by atoms with Crippen LogP contribution in [0.2, 0.25) is 0 Å². The van der Waals surface area contributed by atoms with Gasteiger partial charge in [0.15, 0.2) is 5.75 Å². The Morgan fingerprint density at radius 3 is 2.47 bits per heavy atom. The molecule has 0 spiro atoms. The lowest BCUT2D eigenvalue weighted by Crippen LogP contribution is -2.43. The summed E-state index contributed by atoms with van der Waals surface area (Å²) in [6.07, 6.45) is 0.303. The van der Waals surface area contributed by atoms with E-state index < -0.39 is 24.0 Å². The third kappa shape index (κ3) is 6.49. The van der Waals surface area contributed by atoms with Crippen molar-refractivity contribution in [2.75, 3.05) is 49.6 Å². The number of nitrogen functional groups attached to an aromatic ring is 1. The Morgan fingerprint density at radius 2 is 1.77 bits per heavy atom. The van der Waals surface area contributed by atoms with Crippen LogP contribution in [0.4, 0.5) is 39.5 Å². The van der Waals surface area contributed by atoms with Gasteiger partial charge in [-0.15, -0.1) is 13.2 Å². The summed E-state index contributed by atoms with van der Waals surface area (Å²) in [5.74, 6) is -1.03. The Balaban J connectivity index is 1.19. The van der Waals surface area contributed by atoms with Crippen molar-refractivity contribution in [2.24, 2.45) is 0 Å². The monoisotopic (exact) mass is 598 g/mol. The van der Waals surface area contributed by atoms with E-state index in [0.29, 0.717) is 40.3 Å². The summed E-state index contributed by atoms with van der Waals surface area (Å²) in [7, 11) is 2.01. The molecular weight excluding hydrogens is 568 g/mol. The van der Waals surface area contributed by atoms with Gasteiger partial charge in [-0.2, -0.15) is 0 Å². The number of carbonyl (C=O) groups excluding carboxylic acids is 1. The zero-order valence-electron chi connectivity index (χ0n) is 23.3. The maximum absolute atomic E-state index is 15.2. The Morgan fingerprint density at radius 1 is 1.05 bits per heavy atom. The molecule has 2 amide bonds. The van der Waals surface area contributed by atoms with Crippen LogP contribution in [-0.2, 0) is 6.54 Å². The number of aromatic nitrogens is 3. The summed E-state index contributed by atoms with van der Waals surface area (Å²) in [6.45, 7) is 3.71. The summed E-state index contributed by atoms with van der Waals surface area (Å²) in [5.41, 5.74) is 8.19. The lowest BCUT2D eigenvalue weighted by molar-refractivity contribution is -0.274. The van der Waals surface area contributed by atoms with Gasteiger partial charge in [0.05, 0.1) is 16.8 Å². The van der Waals surface area contributed by atoms with Crippen LogP contribution >= 0.6 is 0 Å². The second-order valence-electron chi connectivity index (χ2n) is 10.9. The first kappa shape index (κ1) is 28.7. The minimum absolute atomic E-state index is 0.165. The number of likely N-dealkylation sites (N-methyl/N-ethyl adjacent to an activating group) is 1. The highest BCUT2D eigenvalue weighted by atomic mass is 19.4. The largest absolute Gasteiger partial charge is 0.573 e. The molecule has 4 aromatic rings. The predicted molar refractivity (Wildman–Crippen MR) is 154 cm³/mol. The number of nitrogens with two attached hydrogens (primary N) is 1. The molecule has 0 bridgehead atoms. The summed E-state index contributed by atoms with van der Waals surface area (Å²) in [5, 5.41) is 5.32. The molecule has 1 aliphatic heterocycles. The number of halogens is 4. The molecule has 43 heavy (non-hydrogen) atoms. The lowest BCUT2D eigenvalue weighted by Gasteiger charge is -2.32. The molecule has 226 valence electrons. The summed E-state index contributed by atoms with van der Waals surface area (Å²) < 4.78 is 61.1. The quantitative estimate of drug-likeness (QED) is 0.243. The molecule has 2 aromatic carbocycles. The van der Waals surface area contributed by atoms with Crippen LogP contribution in [0.5, 0.6) is 5.75 Å². The van der Waals surface area contributed by atoms with Crippen molar-refractivity contribution in [3.63, 3.8) is 0 Å². The van der Waals surface area contributed by atoms with Gasteiger partial charge in [-0.25, -0.2) is 19.2 Å². The normalized spacial score (nSPS) is 16.4. The van der Waals surface area contributed by atoms with E-state index in [1.54, 1.807) is 12.1 Å². The van der Waals surface area contributed by atoms with Crippen LogP contribution in [0.1, 0.15) is 24.4 Å². The molecular formula is C29H30F4N8O2. The molecule has 2 aliphatic rings. The first-order valence-corrected chi connectivity index (χ1v) is 13.8. The molecule has 10 nitrogen and oxygen atoms in total. The molecule has 1 aliphatic carbocycles. The van der Waals surface area contributed by atoms with Crippen LogP contribution in [-0.4, -0.2) is 70.0 Å². The number of nitrogens with zero attached hydrogens (tertiary/aromatic N) is 5. The summed E-state index contributed by atoms with van der Waals surface area (Å²) in [4.78, 5) is 25.5. The number of fused-ring (bicyclic) bond motifs is 1. The highest BCUT2D eigenvalue weighted by molar-refractivity contribution is 6.02. The van der Waals surface area contributed by atoms with Crippen molar-refractivity contribution in [1.29, 1.82) is 0 Å². The first-order chi connectivity index (χ1) is 20.5. The van der Waals surface area contributed by atoms with Crippen LogP contribution in [0.15, 0.2) is 48.9 Å². The van der Waals surface area contributed by atoms with Gasteiger partial charge in [-0.1, -0.05) is 12.1 Å². The highest BCUT2D eigenvalue weighted by Crippen LogP contribution is 2.42. The minimum Gasteiger partial charge on any atom is -0.404 e. The molecule has 1 saturated heterocycles. The number of urea groups is 1. The van der Waals surface area contributed by atoms with Crippen molar-refractivity contribution in [2.45, 2.75) is 31.8 Å². The molecule has 2 fully saturated rings. The van der Waals surface area contributed by atoms with Crippen LogP contribution in [0, 0.1) is 5.82 Å². The molecule has 4 N–H and O–H groups in total. The molecule has 3 heterocycles. The molecule has 0 unspecified atom stereocenters.